The van der Waals surface area contributed by atoms with Gasteiger partial charge in [0.25, 0.3) is 0 Å². The molecule has 3 N–H and O–H groups in total. The Morgan fingerprint density at radius 2 is 2.15 bits per heavy atom. The Morgan fingerprint density at radius 3 is 2.75 bits per heavy atom. The number of ether oxygens (including phenoxy) is 1. The number of pyridine rings is 1. The van der Waals surface area contributed by atoms with Crippen molar-refractivity contribution in [3.8, 4) is 5.75 Å². The standard InChI is InChI=1S/C12H11FN4O3/c1-20-10-6-7(2-3-8(10)13)15-11-5-4-9(17(18)19)12(14)16-11/h2-6H,1H3,(H3,14,15,16). The lowest BCUT2D eigenvalue weighted by atomic mass is 10.3. The van der Waals surface area contributed by atoms with Gasteiger partial charge in [-0.05, 0) is 18.2 Å². The molecule has 0 atom stereocenters. The number of nitrogens with one attached hydrogen (secondary N) is 1. The molecule has 0 fully saturated rings. The average molecular weight is 278 g/mol. The van der Waals surface area contributed by atoms with Gasteiger partial charge in [0.15, 0.2) is 11.6 Å². The molecule has 0 bridgehead atoms. The number of methoxy groups -OCH3 is 1. The first-order valence-electron chi connectivity index (χ1n) is 5.52. The van der Waals surface area contributed by atoms with Crippen molar-refractivity contribution >= 4 is 23.0 Å². The van der Waals surface area contributed by atoms with Crippen molar-refractivity contribution in [2.45, 2.75) is 0 Å². The minimum absolute atomic E-state index is 0.0740. The molecule has 2 aromatic rings. The summed E-state index contributed by atoms with van der Waals surface area (Å²) in [5.74, 6) is -0.310. The summed E-state index contributed by atoms with van der Waals surface area (Å²) >= 11 is 0. The van der Waals surface area contributed by atoms with Crippen LogP contribution >= 0.6 is 0 Å². The Labute approximate surface area is 113 Å². The lowest BCUT2D eigenvalue weighted by molar-refractivity contribution is -0.384. The van der Waals surface area contributed by atoms with Gasteiger partial charge >= 0.3 is 5.69 Å². The van der Waals surface area contributed by atoms with Gasteiger partial charge in [0.2, 0.25) is 5.82 Å². The van der Waals surface area contributed by atoms with Crippen LogP contribution in [0.4, 0.5) is 27.4 Å². The fourth-order valence-corrected chi connectivity index (χ4v) is 1.58. The van der Waals surface area contributed by atoms with E-state index in [1.807, 2.05) is 0 Å². The van der Waals surface area contributed by atoms with Gasteiger partial charge in [0.1, 0.15) is 5.82 Å². The van der Waals surface area contributed by atoms with Crippen LogP contribution in [0, 0.1) is 15.9 Å². The van der Waals surface area contributed by atoms with Crippen LogP contribution in [0.25, 0.3) is 0 Å². The van der Waals surface area contributed by atoms with Crippen LogP contribution in [0.2, 0.25) is 0 Å². The highest BCUT2D eigenvalue weighted by atomic mass is 19.1. The molecule has 20 heavy (non-hydrogen) atoms. The van der Waals surface area contributed by atoms with Gasteiger partial charge < -0.3 is 15.8 Å². The predicted molar refractivity (Wildman–Crippen MR) is 71.5 cm³/mol. The molecule has 104 valence electrons. The Kier molecular flexibility index (Phi) is 3.65. The van der Waals surface area contributed by atoms with E-state index in [0.717, 1.165) is 0 Å². The van der Waals surface area contributed by atoms with Crippen LogP contribution in [0.1, 0.15) is 0 Å². The predicted octanol–water partition coefficient (Wildman–Crippen LogP) is 2.46. The van der Waals surface area contributed by atoms with E-state index in [4.69, 9.17) is 10.5 Å². The van der Waals surface area contributed by atoms with Gasteiger partial charge in [0, 0.05) is 17.8 Å². The summed E-state index contributed by atoms with van der Waals surface area (Å²) in [6, 6.07) is 6.80. The molecule has 0 unspecified atom stereocenters. The third-order valence-electron chi connectivity index (χ3n) is 2.52. The van der Waals surface area contributed by atoms with Crippen LogP contribution in [0.3, 0.4) is 0 Å². The lowest BCUT2D eigenvalue weighted by Crippen LogP contribution is -2.01. The molecule has 1 aromatic carbocycles. The van der Waals surface area contributed by atoms with Gasteiger partial charge in [-0.25, -0.2) is 9.37 Å². The second kappa shape index (κ2) is 5.39. The van der Waals surface area contributed by atoms with Gasteiger partial charge in [-0.3, -0.25) is 10.1 Å². The van der Waals surface area contributed by atoms with Gasteiger partial charge in [0.05, 0.1) is 12.0 Å². The summed E-state index contributed by atoms with van der Waals surface area (Å²) < 4.78 is 18.1. The number of hydrogen-bond acceptors (Lipinski definition) is 6. The minimum atomic E-state index is -0.618. The number of nitrogens with zero attached hydrogens (tertiary/aromatic N) is 2. The van der Waals surface area contributed by atoms with Crippen LogP contribution in [0.15, 0.2) is 30.3 Å². The quantitative estimate of drug-likeness (QED) is 0.657. The summed E-state index contributed by atoms with van der Waals surface area (Å²) in [5.41, 5.74) is 5.73. The monoisotopic (exact) mass is 278 g/mol. The first-order valence-corrected chi connectivity index (χ1v) is 5.52. The van der Waals surface area contributed by atoms with Crippen LogP contribution in [-0.2, 0) is 0 Å². The van der Waals surface area contributed by atoms with E-state index in [2.05, 4.69) is 10.3 Å². The molecule has 0 saturated heterocycles. The van der Waals surface area contributed by atoms with E-state index in [1.54, 1.807) is 0 Å². The van der Waals surface area contributed by atoms with Crippen LogP contribution in [0.5, 0.6) is 5.75 Å². The first kappa shape index (κ1) is 13.5. The fourth-order valence-electron chi connectivity index (χ4n) is 1.58. The highest BCUT2D eigenvalue weighted by molar-refractivity contribution is 5.63. The van der Waals surface area contributed by atoms with Crippen molar-refractivity contribution < 1.29 is 14.1 Å². The van der Waals surface area contributed by atoms with E-state index in [1.165, 1.54) is 37.4 Å². The number of aromatic nitrogens is 1. The maximum absolute atomic E-state index is 13.3. The zero-order valence-corrected chi connectivity index (χ0v) is 10.5. The second-order valence-electron chi connectivity index (χ2n) is 3.83. The molecule has 1 heterocycles. The number of benzene rings is 1. The molecule has 0 spiro atoms. The topological polar surface area (TPSA) is 103 Å². The van der Waals surface area contributed by atoms with Gasteiger partial charge in [-0.1, -0.05) is 0 Å². The van der Waals surface area contributed by atoms with Gasteiger partial charge in [-0.2, -0.15) is 0 Å². The summed E-state index contributed by atoms with van der Waals surface area (Å²) in [5, 5.41) is 13.5. The molecule has 2 rings (SSSR count). The second-order valence-corrected chi connectivity index (χ2v) is 3.83. The number of hydrogen-bond donors (Lipinski definition) is 2. The number of nitrogens with two attached hydrogens (primary N) is 1. The molecule has 0 aliphatic carbocycles. The van der Waals surface area contributed by atoms with E-state index in [0.29, 0.717) is 11.5 Å². The lowest BCUT2D eigenvalue weighted by Gasteiger charge is -2.08. The molecule has 8 heteroatoms. The van der Waals surface area contributed by atoms with E-state index < -0.39 is 10.7 Å². The number of anilines is 3. The van der Waals surface area contributed by atoms with Gasteiger partial charge in [-0.15, -0.1) is 0 Å². The SMILES string of the molecule is COc1cc(Nc2ccc([N+](=O)[O-])c(N)n2)ccc1F. The molecule has 0 radical (unpaired) electrons. The van der Waals surface area contributed by atoms with Crippen LogP contribution in [-0.4, -0.2) is 17.0 Å². The fraction of sp³-hybridized carbons (Fsp3) is 0.0833. The van der Waals surface area contributed by atoms with E-state index in [-0.39, 0.29) is 17.3 Å². The number of rotatable bonds is 4. The molecule has 7 nitrogen and oxygen atoms in total. The molecule has 0 aliphatic heterocycles. The third kappa shape index (κ3) is 2.74. The molecule has 0 saturated carbocycles. The van der Waals surface area contributed by atoms with Crippen molar-refractivity contribution in [2.75, 3.05) is 18.2 Å². The summed E-state index contributed by atoms with van der Waals surface area (Å²) in [6.07, 6.45) is 0. The van der Waals surface area contributed by atoms with E-state index in [9.17, 15) is 14.5 Å². The number of nitro groups is 1. The third-order valence-corrected chi connectivity index (χ3v) is 2.52. The van der Waals surface area contributed by atoms with Crippen molar-refractivity contribution in [2.24, 2.45) is 0 Å². The molecular weight excluding hydrogens is 267 g/mol. The Bertz CT molecular complexity index is 663. The normalized spacial score (nSPS) is 10.1. The molecule has 1 aromatic heterocycles. The first-order chi connectivity index (χ1) is 9.51. The maximum atomic E-state index is 13.3. The summed E-state index contributed by atoms with van der Waals surface area (Å²) in [7, 11) is 1.35. The molecule has 0 amide bonds. The van der Waals surface area contributed by atoms with Crippen molar-refractivity contribution in [3.05, 3.63) is 46.3 Å². The minimum Gasteiger partial charge on any atom is -0.494 e. The number of halogens is 1. The van der Waals surface area contributed by atoms with Crippen molar-refractivity contribution in [1.82, 2.24) is 4.98 Å². The van der Waals surface area contributed by atoms with Crippen molar-refractivity contribution in [3.63, 3.8) is 0 Å². The average Bonchev–Trinajstić information content (AvgIpc) is 2.40. The van der Waals surface area contributed by atoms with Crippen LogP contribution < -0.4 is 15.8 Å². The maximum Gasteiger partial charge on any atom is 0.311 e. The Balaban J connectivity index is 2.26. The largest absolute Gasteiger partial charge is 0.494 e. The van der Waals surface area contributed by atoms with Crippen molar-refractivity contribution in [1.29, 1.82) is 0 Å². The summed E-state index contributed by atoms with van der Waals surface area (Å²) in [6.45, 7) is 0. The number of nitrogen functional groups attached to an aromatic ring is 1. The zero-order chi connectivity index (χ0) is 14.7. The summed E-state index contributed by atoms with van der Waals surface area (Å²) in [4.78, 5) is 13.9. The highest BCUT2D eigenvalue weighted by Crippen LogP contribution is 2.26. The smallest absolute Gasteiger partial charge is 0.311 e. The Morgan fingerprint density at radius 1 is 1.40 bits per heavy atom. The zero-order valence-electron chi connectivity index (χ0n) is 10.5. The Hall–Kier alpha value is -2.90. The van der Waals surface area contributed by atoms with E-state index >= 15 is 0 Å². The molecular formula is C12H11FN4O3. The molecule has 0 aliphatic rings. The highest BCUT2D eigenvalue weighted by Gasteiger charge is 2.13.